The summed E-state index contributed by atoms with van der Waals surface area (Å²) in [6.07, 6.45) is -4.72. The van der Waals surface area contributed by atoms with Crippen LogP contribution in [0.5, 0.6) is 0 Å². The van der Waals surface area contributed by atoms with Crippen molar-refractivity contribution in [2.75, 3.05) is 11.1 Å². The molecule has 150 valence electrons. The van der Waals surface area contributed by atoms with E-state index in [0.29, 0.717) is 29.5 Å². The highest BCUT2D eigenvalue weighted by Crippen LogP contribution is 2.37. The Morgan fingerprint density at radius 1 is 1.32 bits per heavy atom. The number of carbonyl (C=O) groups is 2. The number of thiophene rings is 1. The van der Waals surface area contributed by atoms with Crippen molar-refractivity contribution in [1.82, 2.24) is 0 Å². The second-order valence-electron chi connectivity index (χ2n) is 5.63. The van der Waals surface area contributed by atoms with E-state index in [1.54, 1.807) is 13.8 Å². The van der Waals surface area contributed by atoms with Gasteiger partial charge >= 0.3 is 6.18 Å². The maximum absolute atomic E-state index is 12.7. The molecule has 0 aliphatic rings. The number of anilines is 1. The van der Waals surface area contributed by atoms with Crippen LogP contribution in [0.2, 0.25) is 0 Å². The smallest absolute Gasteiger partial charge is 0.365 e. The van der Waals surface area contributed by atoms with Crippen LogP contribution in [0.4, 0.5) is 23.9 Å². The van der Waals surface area contributed by atoms with Gasteiger partial charge in [0.2, 0.25) is 5.91 Å². The number of hydrogen-bond donors (Lipinski definition) is 2. The highest BCUT2D eigenvalue weighted by Gasteiger charge is 2.33. The molecule has 0 saturated heterocycles. The van der Waals surface area contributed by atoms with Crippen molar-refractivity contribution < 1.29 is 27.7 Å². The van der Waals surface area contributed by atoms with Gasteiger partial charge in [0.15, 0.2) is 0 Å². The summed E-state index contributed by atoms with van der Waals surface area (Å²) in [5.74, 6) is -1.59. The number of primary amides is 1. The molecule has 0 radical (unpaired) electrons. The third kappa shape index (κ3) is 4.81. The van der Waals surface area contributed by atoms with Crippen LogP contribution in [0.1, 0.15) is 26.4 Å². The van der Waals surface area contributed by atoms with E-state index in [2.05, 4.69) is 5.32 Å². The average molecular weight is 433 g/mol. The summed E-state index contributed by atoms with van der Waals surface area (Å²) in [5, 5.41) is 13.8. The molecule has 0 unspecified atom stereocenters. The minimum absolute atomic E-state index is 0.0817. The van der Waals surface area contributed by atoms with Gasteiger partial charge in [0, 0.05) is 10.9 Å². The van der Waals surface area contributed by atoms with Crippen LogP contribution < -0.4 is 11.1 Å². The van der Waals surface area contributed by atoms with Gasteiger partial charge in [-0.3, -0.25) is 19.7 Å². The number of nitrogens with zero attached hydrogens (tertiary/aromatic N) is 1. The van der Waals surface area contributed by atoms with Gasteiger partial charge in [0.25, 0.3) is 11.6 Å². The van der Waals surface area contributed by atoms with E-state index in [-0.39, 0.29) is 21.2 Å². The zero-order valence-electron chi connectivity index (χ0n) is 14.5. The zero-order chi connectivity index (χ0) is 21.2. The van der Waals surface area contributed by atoms with E-state index in [1.807, 2.05) is 0 Å². The lowest BCUT2D eigenvalue weighted by atomic mass is 10.1. The number of rotatable bonds is 6. The van der Waals surface area contributed by atoms with E-state index in [0.717, 1.165) is 22.3 Å². The van der Waals surface area contributed by atoms with Crippen LogP contribution in [-0.2, 0) is 11.0 Å². The van der Waals surface area contributed by atoms with Crippen LogP contribution in [-0.4, -0.2) is 22.5 Å². The van der Waals surface area contributed by atoms with Gasteiger partial charge in [-0.05, 0) is 31.5 Å². The van der Waals surface area contributed by atoms with Gasteiger partial charge in [-0.25, -0.2) is 0 Å². The van der Waals surface area contributed by atoms with E-state index < -0.39 is 34.2 Å². The molecule has 2 aromatic rings. The first-order chi connectivity index (χ1) is 12.9. The molecule has 28 heavy (non-hydrogen) atoms. The fourth-order valence-corrected chi connectivity index (χ4v) is 4.16. The topological polar surface area (TPSA) is 115 Å². The molecule has 1 aromatic heterocycles. The second kappa shape index (κ2) is 8.19. The van der Waals surface area contributed by atoms with Crippen molar-refractivity contribution in [3.8, 4) is 0 Å². The molecule has 0 aliphatic heterocycles. The molecule has 0 fully saturated rings. The monoisotopic (exact) mass is 433 g/mol. The second-order valence-corrected chi connectivity index (χ2v) is 7.87. The number of aryl methyl sites for hydroxylation is 1. The quantitative estimate of drug-likeness (QED) is 0.404. The summed E-state index contributed by atoms with van der Waals surface area (Å²) in [4.78, 5) is 34.6. The fourth-order valence-electron chi connectivity index (χ4n) is 2.28. The van der Waals surface area contributed by atoms with Gasteiger partial charge in [-0.15, -0.1) is 23.1 Å². The number of hydrogen-bond acceptors (Lipinski definition) is 6. The number of nitro groups is 1. The number of halogens is 3. The maximum atomic E-state index is 12.7. The molecule has 0 atom stereocenters. The Kier molecular flexibility index (Phi) is 6.34. The minimum atomic E-state index is -4.72. The lowest BCUT2D eigenvalue weighted by molar-refractivity contribution is -0.388. The number of nitro benzene ring substituents is 1. The summed E-state index contributed by atoms with van der Waals surface area (Å²) in [6, 6.07) is 2.09. The lowest BCUT2D eigenvalue weighted by Crippen LogP contribution is -2.18. The van der Waals surface area contributed by atoms with E-state index >= 15 is 0 Å². The summed E-state index contributed by atoms with van der Waals surface area (Å²) in [5.41, 5.74) is 4.24. The van der Waals surface area contributed by atoms with Crippen LogP contribution >= 0.6 is 23.1 Å². The molecule has 0 bridgehead atoms. The molecule has 2 rings (SSSR count). The Morgan fingerprint density at radius 3 is 2.50 bits per heavy atom. The molecule has 0 saturated carbocycles. The maximum Gasteiger partial charge on any atom is 0.416 e. The SMILES string of the molecule is Cc1sc(NC(=O)CSc2ccc(C(F)(F)F)cc2[N+](=O)[O-])c(C(N)=O)c1C. The van der Waals surface area contributed by atoms with Gasteiger partial charge in [-0.1, -0.05) is 0 Å². The Hall–Kier alpha value is -2.60. The minimum Gasteiger partial charge on any atom is -0.365 e. The number of carbonyl (C=O) groups excluding carboxylic acids is 2. The van der Waals surface area contributed by atoms with Crippen molar-refractivity contribution >= 4 is 45.6 Å². The fraction of sp³-hybridized carbons (Fsp3) is 0.250. The van der Waals surface area contributed by atoms with Crippen molar-refractivity contribution in [2.45, 2.75) is 24.9 Å². The van der Waals surface area contributed by atoms with Gasteiger partial charge in [0.05, 0.1) is 26.7 Å². The molecule has 0 spiro atoms. The first kappa shape index (κ1) is 21.7. The number of thioether (sulfide) groups is 1. The average Bonchev–Trinajstić information content (AvgIpc) is 2.85. The van der Waals surface area contributed by atoms with Crippen molar-refractivity contribution in [3.05, 3.63) is 49.9 Å². The molecule has 0 aliphatic carbocycles. The molecule has 3 N–H and O–H groups in total. The first-order valence-electron chi connectivity index (χ1n) is 7.60. The first-order valence-corrected chi connectivity index (χ1v) is 9.40. The highest BCUT2D eigenvalue weighted by molar-refractivity contribution is 8.00. The summed E-state index contributed by atoms with van der Waals surface area (Å²) < 4.78 is 38.2. The van der Waals surface area contributed by atoms with Crippen molar-refractivity contribution in [1.29, 1.82) is 0 Å². The Bertz CT molecular complexity index is 957. The van der Waals surface area contributed by atoms with Crippen LogP contribution in [0, 0.1) is 24.0 Å². The molecule has 1 heterocycles. The molecule has 2 amide bonds. The van der Waals surface area contributed by atoms with Gasteiger partial charge in [0.1, 0.15) is 5.00 Å². The zero-order valence-corrected chi connectivity index (χ0v) is 16.2. The Morgan fingerprint density at radius 2 is 1.96 bits per heavy atom. The Labute approximate surface area is 165 Å². The van der Waals surface area contributed by atoms with E-state index in [4.69, 9.17) is 5.73 Å². The third-order valence-electron chi connectivity index (χ3n) is 3.73. The Balaban J connectivity index is 2.16. The number of alkyl halides is 3. The standard InChI is InChI=1S/C16H14F3N3O4S2/c1-7-8(2)28-15(13(7)14(20)24)21-12(23)6-27-11-4-3-9(16(17,18)19)5-10(11)22(25)26/h3-5H,6H2,1-2H3,(H2,20,24)(H,21,23). The summed E-state index contributed by atoms with van der Waals surface area (Å²) in [6.45, 7) is 3.43. The summed E-state index contributed by atoms with van der Waals surface area (Å²) >= 11 is 1.87. The highest BCUT2D eigenvalue weighted by atomic mass is 32.2. The number of amides is 2. The lowest BCUT2D eigenvalue weighted by Gasteiger charge is -2.09. The van der Waals surface area contributed by atoms with Gasteiger partial charge in [-0.2, -0.15) is 13.2 Å². The molecular weight excluding hydrogens is 419 g/mol. The molecule has 12 heteroatoms. The number of nitrogens with two attached hydrogens (primary N) is 1. The predicted molar refractivity (Wildman–Crippen MR) is 99.8 cm³/mol. The van der Waals surface area contributed by atoms with Crippen molar-refractivity contribution in [2.24, 2.45) is 5.73 Å². The molecular formula is C16H14F3N3O4S2. The van der Waals surface area contributed by atoms with E-state index in [9.17, 15) is 32.9 Å². The van der Waals surface area contributed by atoms with Crippen LogP contribution in [0.25, 0.3) is 0 Å². The molecule has 7 nitrogen and oxygen atoms in total. The van der Waals surface area contributed by atoms with Crippen LogP contribution in [0.15, 0.2) is 23.1 Å². The van der Waals surface area contributed by atoms with Crippen molar-refractivity contribution in [3.63, 3.8) is 0 Å². The predicted octanol–water partition coefficient (Wildman–Crippen LogP) is 4.12. The van der Waals surface area contributed by atoms with Crippen LogP contribution in [0.3, 0.4) is 0 Å². The summed E-state index contributed by atoms with van der Waals surface area (Å²) in [7, 11) is 0. The molecule has 1 aromatic carbocycles. The number of nitrogens with one attached hydrogen (secondary N) is 1. The largest absolute Gasteiger partial charge is 0.416 e. The van der Waals surface area contributed by atoms with Gasteiger partial charge < -0.3 is 11.1 Å². The number of benzene rings is 1. The normalized spacial score (nSPS) is 11.3. The van der Waals surface area contributed by atoms with E-state index in [1.165, 1.54) is 0 Å². The third-order valence-corrected chi connectivity index (χ3v) is 5.91.